The van der Waals surface area contributed by atoms with E-state index in [0.29, 0.717) is 22.0 Å². The molecule has 4 aromatic rings. The van der Waals surface area contributed by atoms with Crippen molar-refractivity contribution in [1.29, 1.82) is 0 Å². The van der Waals surface area contributed by atoms with Gasteiger partial charge >= 0.3 is 6.18 Å². The lowest BCUT2D eigenvalue weighted by atomic mass is 10.1. The van der Waals surface area contributed by atoms with E-state index >= 15 is 0 Å². The van der Waals surface area contributed by atoms with Crippen LogP contribution >= 0.6 is 11.3 Å². The summed E-state index contributed by atoms with van der Waals surface area (Å²) in [6.45, 7) is 1.44. The lowest BCUT2D eigenvalue weighted by molar-refractivity contribution is -0.137. The quantitative estimate of drug-likeness (QED) is 0.345. The second kappa shape index (κ2) is 10.5. The Kier molecular flexibility index (Phi) is 7.36. The molecule has 0 saturated heterocycles. The number of aromatic nitrogens is 3. The molecule has 0 fully saturated rings. The van der Waals surface area contributed by atoms with Crippen LogP contribution in [0.2, 0.25) is 0 Å². The molecule has 4 rings (SSSR count). The van der Waals surface area contributed by atoms with Gasteiger partial charge in [-0.2, -0.15) is 18.2 Å². The number of carbonyl (C=O) groups excluding carboxylic acids is 2. The minimum absolute atomic E-state index is 0.0339. The van der Waals surface area contributed by atoms with Gasteiger partial charge in [0.05, 0.1) is 22.5 Å². The number of hydrogen-bond acceptors (Lipinski definition) is 8. The summed E-state index contributed by atoms with van der Waals surface area (Å²) < 4.78 is 45.8. The zero-order valence-electron chi connectivity index (χ0n) is 19.9. The number of nitrogens with one attached hydrogen (secondary N) is 2. The van der Waals surface area contributed by atoms with Gasteiger partial charge in [-0.05, 0) is 38.4 Å². The van der Waals surface area contributed by atoms with E-state index in [0.717, 1.165) is 16.8 Å². The minimum Gasteiger partial charge on any atom is -0.437 e. The van der Waals surface area contributed by atoms with Crippen LogP contribution in [-0.2, 0) is 15.8 Å². The predicted molar refractivity (Wildman–Crippen MR) is 134 cm³/mol. The largest absolute Gasteiger partial charge is 0.437 e. The van der Waals surface area contributed by atoms with Gasteiger partial charge in [0.15, 0.2) is 10.9 Å². The number of rotatable bonds is 7. The first kappa shape index (κ1) is 26.0. The molecule has 9 nitrogen and oxygen atoms in total. The zero-order chi connectivity index (χ0) is 26.7. The molecule has 0 saturated carbocycles. The molecule has 0 spiro atoms. The van der Waals surface area contributed by atoms with Crippen molar-refractivity contribution in [3.05, 3.63) is 54.1 Å². The molecule has 2 aromatic heterocycles. The molecule has 2 amide bonds. The highest BCUT2D eigenvalue weighted by atomic mass is 32.1. The molecule has 2 aromatic carbocycles. The van der Waals surface area contributed by atoms with Crippen molar-refractivity contribution in [3.63, 3.8) is 0 Å². The third-order valence-corrected chi connectivity index (χ3v) is 5.74. The number of ether oxygens (including phenoxy) is 1. The summed E-state index contributed by atoms with van der Waals surface area (Å²) in [7, 11) is 3.44. The summed E-state index contributed by atoms with van der Waals surface area (Å²) in [5.74, 6) is -0.373. The van der Waals surface area contributed by atoms with Crippen LogP contribution in [0.4, 0.5) is 24.3 Å². The highest BCUT2D eigenvalue weighted by molar-refractivity contribution is 7.22. The van der Waals surface area contributed by atoms with Crippen molar-refractivity contribution in [1.82, 2.24) is 19.9 Å². The van der Waals surface area contributed by atoms with Gasteiger partial charge in [-0.15, -0.1) is 0 Å². The summed E-state index contributed by atoms with van der Waals surface area (Å²) in [6, 6.07) is 11.1. The van der Waals surface area contributed by atoms with Crippen molar-refractivity contribution in [2.75, 3.05) is 31.3 Å². The van der Waals surface area contributed by atoms with E-state index in [2.05, 4.69) is 25.6 Å². The van der Waals surface area contributed by atoms with Gasteiger partial charge in [0.25, 0.3) is 0 Å². The number of thiazole rings is 1. The Hall–Kier alpha value is -4.10. The Morgan fingerprint density at radius 2 is 1.76 bits per heavy atom. The molecule has 192 valence electrons. The number of benzene rings is 2. The number of halogens is 3. The van der Waals surface area contributed by atoms with Crippen LogP contribution in [0.1, 0.15) is 12.5 Å². The van der Waals surface area contributed by atoms with Crippen LogP contribution in [0.15, 0.2) is 48.5 Å². The minimum atomic E-state index is -4.48. The van der Waals surface area contributed by atoms with Gasteiger partial charge in [0.2, 0.25) is 23.6 Å². The van der Waals surface area contributed by atoms with Crippen LogP contribution in [0.3, 0.4) is 0 Å². The molecule has 0 aliphatic heterocycles. The average molecular weight is 531 g/mol. The Bertz CT molecular complexity index is 1450. The number of carbonyl (C=O) groups is 2. The normalized spacial score (nSPS) is 11.5. The third kappa shape index (κ3) is 6.57. The Morgan fingerprint density at radius 3 is 2.41 bits per heavy atom. The first-order valence-corrected chi connectivity index (χ1v) is 11.7. The van der Waals surface area contributed by atoms with Crippen molar-refractivity contribution < 1.29 is 27.5 Å². The number of fused-ring (bicyclic) bond motifs is 1. The van der Waals surface area contributed by atoms with E-state index in [1.165, 1.54) is 36.5 Å². The number of anilines is 2. The third-order valence-electron chi connectivity index (χ3n) is 4.80. The maximum Gasteiger partial charge on any atom is 0.416 e. The smallest absolute Gasteiger partial charge is 0.416 e. The summed E-state index contributed by atoms with van der Waals surface area (Å²) in [5, 5.41) is 5.61. The number of alkyl halides is 3. The maximum absolute atomic E-state index is 13.0. The van der Waals surface area contributed by atoms with Crippen molar-refractivity contribution >= 4 is 44.4 Å². The molecule has 0 aliphatic rings. The van der Waals surface area contributed by atoms with Crippen LogP contribution in [0, 0.1) is 0 Å². The number of para-hydroxylation sites is 1. The molecule has 37 heavy (non-hydrogen) atoms. The molecule has 2 heterocycles. The van der Waals surface area contributed by atoms with Gasteiger partial charge < -0.3 is 15.0 Å². The van der Waals surface area contributed by atoms with Crippen molar-refractivity contribution in [3.8, 4) is 22.9 Å². The van der Waals surface area contributed by atoms with Gasteiger partial charge in [0.1, 0.15) is 5.52 Å². The van der Waals surface area contributed by atoms with Gasteiger partial charge in [0, 0.05) is 18.6 Å². The van der Waals surface area contributed by atoms with E-state index in [1.54, 1.807) is 31.1 Å². The average Bonchev–Trinajstić information content (AvgIpc) is 3.20. The Morgan fingerprint density at radius 1 is 1.03 bits per heavy atom. The van der Waals surface area contributed by atoms with E-state index in [-0.39, 0.29) is 35.9 Å². The van der Waals surface area contributed by atoms with Gasteiger partial charge in [-0.3, -0.25) is 14.9 Å². The van der Waals surface area contributed by atoms with Crippen molar-refractivity contribution in [2.45, 2.75) is 13.1 Å². The van der Waals surface area contributed by atoms with Gasteiger partial charge in [-0.1, -0.05) is 29.5 Å². The molecule has 0 atom stereocenters. The molecule has 0 aliphatic carbocycles. The highest BCUT2D eigenvalue weighted by Crippen LogP contribution is 2.36. The van der Waals surface area contributed by atoms with E-state index in [4.69, 9.17) is 4.74 Å². The monoisotopic (exact) mass is 530 g/mol. The van der Waals surface area contributed by atoms with Crippen molar-refractivity contribution in [2.24, 2.45) is 0 Å². The molecule has 13 heteroatoms. The molecular formula is C24H21F3N6O3S. The molecule has 0 bridgehead atoms. The number of likely N-dealkylation sites (N-methyl/N-ethyl adjacent to an activating group) is 1. The summed E-state index contributed by atoms with van der Waals surface area (Å²) in [5.41, 5.74) is 0.280. The molecule has 2 N–H and O–H groups in total. The standard InChI is InChI=1S/C24H21F3N6O3S/c1-13(34)28-23-32-21-17(5-4-6-18(21)37-23)36-20-11-16(14-7-9-15(10-8-14)24(25,26)27)29-22(31-20)30-19(35)12-33(2)3/h4-11H,12H2,1-3H3,(H,28,32,34)(H,29,30,31,35). The summed E-state index contributed by atoms with van der Waals surface area (Å²) in [4.78, 5) is 38.4. The van der Waals surface area contributed by atoms with E-state index < -0.39 is 11.7 Å². The fourth-order valence-electron chi connectivity index (χ4n) is 3.28. The molecule has 0 unspecified atom stereocenters. The fraction of sp³-hybridized carbons (Fsp3) is 0.208. The Balaban J connectivity index is 1.72. The second-order valence-electron chi connectivity index (χ2n) is 8.18. The SMILES string of the molecule is CC(=O)Nc1nc2c(Oc3cc(-c4ccc(C(F)(F)F)cc4)nc(NC(=O)CN(C)C)n3)cccc2s1. The number of hydrogen-bond donors (Lipinski definition) is 2. The lowest BCUT2D eigenvalue weighted by Gasteiger charge is -2.13. The van der Waals surface area contributed by atoms with E-state index in [1.807, 2.05) is 6.07 Å². The second-order valence-corrected chi connectivity index (χ2v) is 9.21. The van der Waals surface area contributed by atoms with Crippen LogP contribution in [-0.4, -0.2) is 52.3 Å². The van der Waals surface area contributed by atoms with Crippen LogP contribution in [0.25, 0.3) is 21.5 Å². The zero-order valence-corrected chi connectivity index (χ0v) is 20.7. The van der Waals surface area contributed by atoms with Crippen LogP contribution in [0.5, 0.6) is 11.6 Å². The fourth-order valence-corrected chi connectivity index (χ4v) is 4.21. The van der Waals surface area contributed by atoms with Gasteiger partial charge in [-0.25, -0.2) is 9.97 Å². The predicted octanol–water partition coefficient (Wildman–Crippen LogP) is 5.02. The number of amides is 2. The Labute approximate surface area is 213 Å². The molecule has 0 radical (unpaired) electrons. The first-order chi connectivity index (χ1) is 17.5. The first-order valence-electron chi connectivity index (χ1n) is 10.8. The lowest BCUT2D eigenvalue weighted by Crippen LogP contribution is -2.27. The topological polar surface area (TPSA) is 109 Å². The molecular weight excluding hydrogens is 509 g/mol. The number of nitrogens with zero attached hydrogens (tertiary/aromatic N) is 4. The maximum atomic E-state index is 13.0. The highest BCUT2D eigenvalue weighted by Gasteiger charge is 2.30. The van der Waals surface area contributed by atoms with Crippen LogP contribution < -0.4 is 15.4 Å². The summed E-state index contributed by atoms with van der Waals surface area (Å²) in [6.07, 6.45) is -4.48. The van der Waals surface area contributed by atoms with E-state index in [9.17, 15) is 22.8 Å². The summed E-state index contributed by atoms with van der Waals surface area (Å²) >= 11 is 1.26.